The number of hydrogen-bond donors (Lipinski definition) is 0. The third-order valence-electron chi connectivity index (χ3n) is 3.12. The molecule has 104 valence electrons. The van der Waals surface area contributed by atoms with Crippen molar-refractivity contribution < 1.29 is 9.47 Å². The maximum atomic E-state index is 9.10. The summed E-state index contributed by atoms with van der Waals surface area (Å²) in [5.41, 5.74) is 1.81. The summed E-state index contributed by atoms with van der Waals surface area (Å²) in [4.78, 5) is 4.42. The number of nitriles is 1. The van der Waals surface area contributed by atoms with Crippen molar-refractivity contribution in [2.75, 3.05) is 14.2 Å². The minimum atomic E-state index is 0.483. The highest BCUT2D eigenvalue weighted by Crippen LogP contribution is 2.31. The van der Waals surface area contributed by atoms with E-state index < -0.39 is 0 Å². The molecule has 3 rings (SSSR count). The fraction of sp³-hybridized carbons (Fsp3) is 0.133. The second-order valence-electron chi connectivity index (χ2n) is 4.31. The Labute approximate surface area is 121 Å². The van der Waals surface area contributed by atoms with Gasteiger partial charge in [-0.25, -0.2) is 9.50 Å². The predicted octanol–water partition coefficient (Wildman–Crippen LogP) is 2.29. The molecule has 0 atom stereocenters. The lowest BCUT2D eigenvalue weighted by Gasteiger charge is -2.07. The average molecular weight is 280 g/mol. The van der Waals surface area contributed by atoms with Gasteiger partial charge < -0.3 is 9.47 Å². The number of fused-ring (bicyclic) bond motifs is 1. The van der Waals surface area contributed by atoms with Crippen LogP contribution in [0.4, 0.5) is 0 Å². The van der Waals surface area contributed by atoms with Crippen molar-refractivity contribution in [1.82, 2.24) is 14.6 Å². The maximum absolute atomic E-state index is 9.10. The third kappa shape index (κ3) is 2.15. The van der Waals surface area contributed by atoms with E-state index in [-0.39, 0.29) is 0 Å². The van der Waals surface area contributed by atoms with Gasteiger partial charge in [-0.05, 0) is 30.3 Å². The van der Waals surface area contributed by atoms with Gasteiger partial charge in [0, 0.05) is 11.8 Å². The summed E-state index contributed by atoms with van der Waals surface area (Å²) in [7, 11) is 3.16. The van der Waals surface area contributed by atoms with E-state index in [0.717, 1.165) is 5.56 Å². The monoisotopic (exact) mass is 280 g/mol. The van der Waals surface area contributed by atoms with Crippen molar-refractivity contribution in [2.45, 2.75) is 0 Å². The number of aromatic nitrogens is 3. The Morgan fingerprint density at radius 1 is 1.14 bits per heavy atom. The molecular formula is C15H12N4O2. The standard InChI is InChI=1S/C15H12N4O2/c1-20-12-6-5-10(8-13(12)21-2)14-17-15-11(9-16)4-3-7-19(15)18-14/h3-8H,1-2H3. The number of ether oxygens (including phenoxy) is 2. The van der Waals surface area contributed by atoms with E-state index in [9.17, 15) is 0 Å². The van der Waals surface area contributed by atoms with E-state index >= 15 is 0 Å². The van der Waals surface area contributed by atoms with Crippen molar-refractivity contribution in [1.29, 1.82) is 5.26 Å². The Hall–Kier alpha value is -3.07. The fourth-order valence-corrected chi connectivity index (χ4v) is 2.09. The third-order valence-corrected chi connectivity index (χ3v) is 3.12. The molecule has 0 aliphatic heterocycles. The Bertz CT molecular complexity index is 848. The van der Waals surface area contributed by atoms with Gasteiger partial charge in [0.15, 0.2) is 23.0 Å². The molecule has 0 bridgehead atoms. The average Bonchev–Trinajstić information content (AvgIpc) is 2.98. The summed E-state index contributed by atoms with van der Waals surface area (Å²) in [6.45, 7) is 0. The molecule has 6 nitrogen and oxygen atoms in total. The molecule has 0 aliphatic carbocycles. The van der Waals surface area contributed by atoms with Crippen LogP contribution in [0.1, 0.15) is 5.56 Å². The number of pyridine rings is 1. The molecule has 0 saturated carbocycles. The first-order valence-corrected chi connectivity index (χ1v) is 6.24. The molecule has 3 aromatic rings. The largest absolute Gasteiger partial charge is 0.493 e. The number of nitrogens with zero attached hydrogens (tertiary/aromatic N) is 4. The van der Waals surface area contributed by atoms with Gasteiger partial charge in [-0.15, -0.1) is 5.10 Å². The highest BCUT2D eigenvalue weighted by atomic mass is 16.5. The van der Waals surface area contributed by atoms with Gasteiger partial charge in [-0.2, -0.15) is 5.26 Å². The Morgan fingerprint density at radius 2 is 1.95 bits per heavy atom. The van der Waals surface area contributed by atoms with E-state index in [1.165, 1.54) is 0 Å². The molecular weight excluding hydrogens is 268 g/mol. The summed E-state index contributed by atoms with van der Waals surface area (Å²) in [6.07, 6.45) is 1.76. The first kappa shape index (κ1) is 12.9. The zero-order valence-corrected chi connectivity index (χ0v) is 11.6. The zero-order chi connectivity index (χ0) is 14.8. The zero-order valence-electron chi connectivity index (χ0n) is 11.6. The lowest BCUT2D eigenvalue weighted by atomic mass is 10.2. The summed E-state index contributed by atoms with van der Waals surface area (Å²) < 4.78 is 12.1. The van der Waals surface area contributed by atoms with E-state index in [0.29, 0.717) is 28.5 Å². The minimum absolute atomic E-state index is 0.483. The van der Waals surface area contributed by atoms with Crippen LogP contribution in [0.25, 0.3) is 17.0 Å². The second-order valence-corrected chi connectivity index (χ2v) is 4.31. The topological polar surface area (TPSA) is 72.4 Å². The molecule has 0 unspecified atom stereocenters. The van der Waals surface area contributed by atoms with E-state index in [4.69, 9.17) is 14.7 Å². The number of methoxy groups -OCH3 is 2. The smallest absolute Gasteiger partial charge is 0.182 e. The number of hydrogen-bond acceptors (Lipinski definition) is 5. The van der Waals surface area contributed by atoms with Crippen molar-refractivity contribution >= 4 is 5.65 Å². The van der Waals surface area contributed by atoms with Crippen LogP contribution < -0.4 is 9.47 Å². The molecule has 1 aromatic carbocycles. The summed E-state index contributed by atoms with van der Waals surface area (Å²) in [5, 5.41) is 13.5. The van der Waals surface area contributed by atoms with E-state index in [1.54, 1.807) is 49.2 Å². The van der Waals surface area contributed by atoms with Crippen LogP contribution >= 0.6 is 0 Å². The van der Waals surface area contributed by atoms with Crippen LogP contribution in [0.5, 0.6) is 11.5 Å². The van der Waals surface area contributed by atoms with Crippen LogP contribution in [0.3, 0.4) is 0 Å². The number of rotatable bonds is 3. The van der Waals surface area contributed by atoms with Crippen LogP contribution in [-0.4, -0.2) is 28.8 Å². The lowest BCUT2D eigenvalue weighted by molar-refractivity contribution is 0.355. The van der Waals surface area contributed by atoms with Crippen molar-refractivity contribution in [3.8, 4) is 29.0 Å². The van der Waals surface area contributed by atoms with Crippen LogP contribution in [0, 0.1) is 11.3 Å². The van der Waals surface area contributed by atoms with Crippen LogP contribution in [-0.2, 0) is 0 Å². The summed E-state index contributed by atoms with van der Waals surface area (Å²) >= 11 is 0. The van der Waals surface area contributed by atoms with Crippen molar-refractivity contribution in [3.05, 3.63) is 42.1 Å². The van der Waals surface area contributed by atoms with Gasteiger partial charge >= 0.3 is 0 Å². The van der Waals surface area contributed by atoms with Crippen LogP contribution in [0.2, 0.25) is 0 Å². The first-order chi connectivity index (χ1) is 10.3. The molecule has 2 aromatic heterocycles. The highest BCUT2D eigenvalue weighted by Gasteiger charge is 2.12. The quantitative estimate of drug-likeness (QED) is 0.736. The maximum Gasteiger partial charge on any atom is 0.182 e. The molecule has 6 heteroatoms. The highest BCUT2D eigenvalue weighted by molar-refractivity contribution is 5.65. The molecule has 21 heavy (non-hydrogen) atoms. The molecule has 0 fully saturated rings. The molecule has 0 N–H and O–H groups in total. The molecule has 2 heterocycles. The molecule has 0 spiro atoms. The molecule has 0 amide bonds. The number of benzene rings is 1. The normalized spacial score (nSPS) is 10.3. The van der Waals surface area contributed by atoms with Crippen LogP contribution in [0.15, 0.2) is 36.5 Å². The predicted molar refractivity (Wildman–Crippen MR) is 76.2 cm³/mol. The van der Waals surface area contributed by atoms with Crippen molar-refractivity contribution in [2.24, 2.45) is 0 Å². The second kappa shape index (κ2) is 5.13. The minimum Gasteiger partial charge on any atom is -0.493 e. The molecule has 0 aliphatic rings. The van der Waals surface area contributed by atoms with Crippen molar-refractivity contribution in [3.63, 3.8) is 0 Å². The SMILES string of the molecule is COc1ccc(-c2nc3c(C#N)cccn3n2)cc1OC. The molecule has 0 radical (unpaired) electrons. The van der Waals surface area contributed by atoms with E-state index in [1.807, 2.05) is 6.07 Å². The Morgan fingerprint density at radius 3 is 2.67 bits per heavy atom. The fourth-order valence-electron chi connectivity index (χ4n) is 2.09. The van der Waals surface area contributed by atoms with Gasteiger partial charge in [0.2, 0.25) is 0 Å². The summed E-state index contributed by atoms with van der Waals surface area (Å²) in [6, 6.07) is 11.0. The lowest BCUT2D eigenvalue weighted by Crippen LogP contribution is -1.91. The first-order valence-electron chi connectivity index (χ1n) is 6.24. The van der Waals surface area contributed by atoms with Gasteiger partial charge in [-0.3, -0.25) is 0 Å². The van der Waals surface area contributed by atoms with Gasteiger partial charge in [0.25, 0.3) is 0 Å². The Kier molecular flexibility index (Phi) is 3.16. The van der Waals surface area contributed by atoms with Gasteiger partial charge in [0.05, 0.1) is 19.8 Å². The van der Waals surface area contributed by atoms with Gasteiger partial charge in [0.1, 0.15) is 6.07 Å². The van der Waals surface area contributed by atoms with Gasteiger partial charge in [-0.1, -0.05) is 0 Å². The Balaban J connectivity index is 2.15. The summed E-state index contributed by atoms with van der Waals surface area (Å²) in [5.74, 6) is 1.77. The van der Waals surface area contributed by atoms with E-state index in [2.05, 4.69) is 16.2 Å². The molecule has 0 saturated heterocycles.